The van der Waals surface area contributed by atoms with Gasteiger partial charge in [-0.2, -0.15) is 0 Å². The summed E-state index contributed by atoms with van der Waals surface area (Å²) < 4.78 is 2.00. The maximum atomic E-state index is 12.3. The van der Waals surface area contributed by atoms with Crippen LogP contribution in [0, 0.1) is 11.8 Å². The van der Waals surface area contributed by atoms with Crippen molar-refractivity contribution in [3.8, 4) is 22.4 Å². The van der Waals surface area contributed by atoms with Crippen LogP contribution >= 0.6 is 0 Å². The van der Waals surface area contributed by atoms with E-state index in [1.54, 1.807) is 0 Å². The van der Waals surface area contributed by atoms with Gasteiger partial charge < -0.3 is 9.88 Å². The van der Waals surface area contributed by atoms with Gasteiger partial charge in [0.2, 0.25) is 5.91 Å². The van der Waals surface area contributed by atoms with Crippen LogP contribution in [0.15, 0.2) is 60.9 Å². The molecule has 1 amide bonds. The summed E-state index contributed by atoms with van der Waals surface area (Å²) in [6.45, 7) is 2.52. The van der Waals surface area contributed by atoms with Crippen molar-refractivity contribution in [2.75, 3.05) is 13.1 Å². The van der Waals surface area contributed by atoms with E-state index in [4.69, 9.17) is 0 Å². The van der Waals surface area contributed by atoms with Crippen LogP contribution in [0.3, 0.4) is 0 Å². The average molecular weight is 412 g/mol. The van der Waals surface area contributed by atoms with Crippen LogP contribution in [-0.2, 0) is 11.3 Å². The number of carbonyl (C=O) groups is 1. The zero-order valence-electron chi connectivity index (χ0n) is 17.4. The van der Waals surface area contributed by atoms with Gasteiger partial charge in [-0.15, -0.1) is 5.10 Å². The summed E-state index contributed by atoms with van der Waals surface area (Å²) in [6.07, 6.45) is 6.99. The molecule has 0 bridgehead atoms. The number of rotatable bonds is 5. The Balaban J connectivity index is 1.18. The molecular formula is C25H25N5O. The summed E-state index contributed by atoms with van der Waals surface area (Å²) in [5, 5.41) is 9.73. The molecule has 1 saturated carbocycles. The summed E-state index contributed by atoms with van der Waals surface area (Å²) >= 11 is 0. The molecule has 4 aromatic rings. The third kappa shape index (κ3) is 3.52. The predicted octanol–water partition coefficient (Wildman–Crippen LogP) is 4.35. The SMILES string of the molecule is O=C(C1CC1)N1CC[C@@H](Cn2nncc2-c2ccc(-c3ccc4cc[nH]c4c3)cc2)C1. The molecule has 2 aliphatic rings. The topological polar surface area (TPSA) is 66.8 Å². The molecule has 0 spiro atoms. The zero-order valence-corrected chi connectivity index (χ0v) is 17.4. The normalized spacial score (nSPS) is 18.7. The highest BCUT2D eigenvalue weighted by Crippen LogP contribution is 2.33. The second-order valence-corrected chi connectivity index (χ2v) is 8.87. The van der Waals surface area contributed by atoms with Gasteiger partial charge >= 0.3 is 0 Å². The summed E-state index contributed by atoms with van der Waals surface area (Å²) in [4.78, 5) is 17.7. The van der Waals surface area contributed by atoms with Crippen LogP contribution < -0.4 is 0 Å². The van der Waals surface area contributed by atoms with Gasteiger partial charge in [-0.3, -0.25) is 4.79 Å². The maximum Gasteiger partial charge on any atom is 0.225 e. The highest BCUT2D eigenvalue weighted by molar-refractivity contribution is 5.85. The van der Waals surface area contributed by atoms with Gasteiger partial charge in [0, 0.05) is 42.8 Å². The van der Waals surface area contributed by atoms with Gasteiger partial charge in [-0.25, -0.2) is 4.68 Å². The Hall–Kier alpha value is -3.41. The standard InChI is InChI=1S/C25H25N5O/c31-25(21-6-7-21)29-12-10-17(15-29)16-30-24(14-27-28-30)20-4-1-18(2-5-20)22-8-3-19-9-11-26-23(19)13-22/h1-5,8-9,11,13-14,17,21,26H,6-7,10,12,15-16H2/t17-/m1/s1. The first kappa shape index (κ1) is 18.4. The molecule has 1 atom stereocenters. The third-order valence-electron chi connectivity index (χ3n) is 6.64. The van der Waals surface area contributed by atoms with E-state index in [-0.39, 0.29) is 0 Å². The summed E-state index contributed by atoms with van der Waals surface area (Å²) in [7, 11) is 0. The molecule has 1 N–H and O–H groups in total. The Morgan fingerprint density at radius 2 is 1.81 bits per heavy atom. The molecule has 3 heterocycles. The lowest BCUT2D eigenvalue weighted by Gasteiger charge is -2.16. The number of aromatic nitrogens is 4. The largest absolute Gasteiger partial charge is 0.361 e. The molecule has 6 heteroatoms. The zero-order chi connectivity index (χ0) is 20.8. The van der Waals surface area contributed by atoms with Crippen molar-refractivity contribution >= 4 is 16.8 Å². The summed E-state index contributed by atoms with van der Waals surface area (Å²) in [5.41, 5.74) is 5.66. The van der Waals surface area contributed by atoms with Crippen LogP contribution in [0.2, 0.25) is 0 Å². The van der Waals surface area contributed by atoms with Crippen molar-refractivity contribution < 1.29 is 4.79 Å². The lowest BCUT2D eigenvalue weighted by Crippen LogP contribution is -2.30. The van der Waals surface area contributed by atoms with Crippen LogP contribution in [-0.4, -0.2) is 43.9 Å². The molecular weight excluding hydrogens is 386 g/mol. The lowest BCUT2D eigenvalue weighted by molar-refractivity contribution is -0.131. The van der Waals surface area contributed by atoms with E-state index in [9.17, 15) is 4.79 Å². The van der Waals surface area contributed by atoms with E-state index in [0.717, 1.165) is 55.7 Å². The highest BCUT2D eigenvalue weighted by Gasteiger charge is 2.36. The number of aromatic amines is 1. The molecule has 1 aliphatic heterocycles. The van der Waals surface area contributed by atoms with Crippen molar-refractivity contribution in [3.63, 3.8) is 0 Å². The molecule has 2 aromatic carbocycles. The van der Waals surface area contributed by atoms with E-state index in [0.29, 0.717) is 17.7 Å². The Bertz CT molecular complexity index is 1230. The number of nitrogens with one attached hydrogen (secondary N) is 1. The average Bonchev–Trinajstić information content (AvgIpc) is 3.17. The van der Waals surface area contributed by atoms with Gasteiger partial charge in [0.1, 0.15) is 0 Å². The van der Waals surface area contributed by atoms with Crippen LogP contribution in [0.25, 0.3) is 33.3 Å². The van der Waals surface area contributed by atoms with Crippen molar-refractivity contribution in [3.05, 3.63) is 60.9 Å². The number of amides is 1. The summed E-state index contributed by atoms with van der Waals surface area (Å²) in [6, 6.07) is 17.2. The minimum atomic E-state index is 0.303. The van der Waals surface area contributed by atoms with Crippen molar-refractivity contribution in [2.45, 2.75) is 25.8 Å². The fourth-order valence-corrected chi connectivity index (χ4v) is 4.69. The quantitative estimate of drug-likeness (QED) is 0.531. The van der Waals surface area contributed by atoms with Gasteiger partial charge in [0.25, 0.3) is 0 Å². The Morgan fingerprint density at radius 3 is 2.65 bits per heavy atom. The van der Waals surface area contributed by atoms with Gasteiger partial charge in [0.05, 0.1) is 11.9 Å². The fourth-order valence-electron chi connectivity index (χ4n) is 4.69. The number of carbonyl (C=O) groups excluding carboxylic acids is 1. The minimum absolute atomic E-state index is 0.303. The van der Waals surface area contributed by atoms with E-state index < -0.39 is 0 Å². The van der Waals surface area contributed by atoms with E-state index in [2.05, 4.69) is 68.7 Å². The second kappa shape index (κ2) is 7.38. The Labute approximate surface area is 180 Å². The van der Waals surface area contributed by atoms with Gasteiger partial charge in [-0.1, -0.05) is 41.6 Å². The molecule has 1 saturated heterocycles. The van der Waals surface area contributed by atoms with Crippen molar-refractivity contribution in [1.29, 1.82) is 0 Å². The maximum absolute atomic E-state index is 12.3. The molecule has 6 rings (SSSR count). The monoisotopic (exact) mass is 411 g/mol. The van der Waals surface area contributed by atoms with E-state index in [1.807, 2.05) is 17.1 Å². The number of nitrogens with zero attached hydrogens (tertiary/aromatic N) is 4. The van der Waals surface area contributed by atoms with Crippen LogP contribution in [0.4, 0.5) is 0 Å². The molecule has 1 aliphatic carbocycles. The smallest absolute Gasteiger partial charge is 0.225 e. The van der Waals surface area contributed by atoms with Crippen LogP contribution in [0.5, 0.6) is 0 Å². The minimum Gasteiger partial charge on any atom is -0.361 e. The molecule has 2 aromatic heterocycles. The molecule has 31 heavy (non-hydrogen) atoms. The first-order valence-corrected chi connectivity index (χ1v) is 11.1. The number of hydrogen-bond acceptors (Lipinski definition) is 3. The number of likely N-dealkylation sites (tertiary alicyclic amines) is 1. The van der Waals surface area contributed by atoms with E-state index in [1.165, 1.54) is 16.5 Å². The highest BCUT2D eigenvalue weighted by atomic mass is 16.2. The fraction of sp³-hybridized carbons (Fsp3) is 0.320. The van der Waals surface area contributed by atoms with Crippen molar-refractivity contribution in [2.24, 2.45) is 11.8 Å². The number of benzene rings is 2. The molecule has 2 fully saturated rings. The van der Waals surface area contributed by atoms with Crippen molar-refractivity contribution in [1.82, 2.24) is 24.9 Å². The summed E-state index contributed by atoms with van der Waals surface area (Å²) in [5.74, 6) is 1.10. The predicted molar refractivity (Wildman–Crippen MR) is 120 cm³/mol. The van der Waals surface area contributed by atoms with Gasteiger partial charge in [-0.05, 0) is 53.8 Å². The molecule has 0 unspecified atom stereocenters. The molecule has 0 radical (unpaired) electrons. The lowest BCUT2D eigenvalue weighted by atomic mass is 10.0. The van der Waals surface area contributed by atoms with Gasteiger partial charge in [0.15, 0.2) is 0 Å². The van der Waals surface area contributed by atoms with E-state index >= 15 is 0 Å². The number of hydrogen-bond donors (Lipinski definition) is 1. The second-order valence-electron chi connectivity index (χ2n) is 8.87. The molecule has 6 nitrogen and oxygen atoms in total. The Kier molecular flexibility index (Phi) is 4.37. The molecule has 156 valence electrons. The third-order valence-corrected chi connectivity index (χ3v) is 6.64. The number of H-pyrrole nitrogens is 1. The first-order chi connectivity index (χ1) is 15.2. The van der Waals surface area contributed by atoms with Crippen LogP contribution in [0.1, 0.15) is 19.3 Å². The Morgan fingerprint density at radius 1 is 1.00 bits per heavy atom. The first-order valence-electron chi connectivity index (χ1n) is 11.1. The number of fused-ring (bicyclic) bond motifs is 1.